The lowest BCUT2D eigenvalue weighted by atomic mass is 10.1. The monoisotopic (exact) mass is 363 g/mol. The number of rotatable bonds is 11. The fourth-order valence-electron chi connectivity index (χ4n) is 2.10. The van der Waals surface area contributed by atoms with Crippen LogP contribution in [-0.2, 0) is 9.53 Å². The third kappa shape index (κ3) is 10.7. The van der Waals surface area contributed by atoms with Crippen LogP contribution in [0.25, 0.3) is 0 Å². The first kappa shape index (κ1) is 21.9. The number of hydrogen-bond acceptors (Lipinski definition) is 4. The van der Waals surface area contributed by atoms with Crippen molar-refractivity contribution in [3.05, 3.63) is 23.9 Å². The molecule has 1 amide bonds. The van der Waals surface area contributed by atoms with Crippen molar-refractivity contribution in [2.24, 2.45) is 10.9 Å². The minimum Gasteiger partial charge on any atom is -0.380 e. The molecule has 0 atom stereocenters. The van der Waals surface area contributed by atoms with E-state index >= 15 is 0 Å². The van der Waals surface area contributed by atoms with E-state index in [2.05, 4.69) is 39.8 Å². The topological polar surface area (TPSA) is 87.6 Å². The molecule has 7 nitrogen and oxygen atoms in total. The number of amides is 1. The third-order valence-electron chi connectivity index (χ3n) is 3.49. The number of carbonyl (C=O) groups excluding carboxylic acids is 1. The maximum absolute atomic E-state index is 12.0. The number of nitrogens with one attached hydrogen (secondary N) is 3. The zero-order chi connectivity index (χ0) is 19.2. The van der Waals surface area contributed by atoms with Gasteiger partial charge in [-0.05, 0) is 38.3 Å². The minimum atomic E-state index is -0.0801. The summed E-state index contributed by atoms with van der Waals surface area (Å²) in [6.45, 7) is 11.5. The summed E-state index contributed by atoms with van der Waals surface area (Å²) in [5.41, 5.74) is 0.873. The standard InChI is InChI=1S/C19H33N5O2/c1-5-20-19(22-12-14-26-13-10-15(2)3)21-11-9-18(25)24-17-8-6-7-16(4)23-17/h6-8,15H,5,9-14H2,1-4H3,(H2,20,21,22)(H,23,24,25). The molecule has 0 saturated heterocycles. The van der Waals surface area contributed by atoms with Gasteiger partial charge in [-0.15, -0.1) is 0 Å². The summed E-state index contributed by atoms with van der Waals surface area (Å²) in [4.78, 5) is 20.7. The van der Waals surface area contributed by atoms with Crippen LogP contribution in [-0.4, -0.2) is 49.7 Å². The summed E-state index contributed by atoms with van der Waals surface area (Å²) in [6, 6.07) is 5.54. The van der Waals surface area contributed by atoms with Crippen molar-refractivity contribution in [3.63, 3.8) is 0 Å². The Morgan fingerprint density at radius 2 is 2.08 bits per heavy atom. The third-order valence-corrected chi connectivity index (χ3v) is 3.49. The summed E-state index contributed by atoms with van der Waals surface area (Å²) in [7, 11) is 0. The molecule has 0 aliphatic heterocycles. The van der Waals surface area contributed by atoms with Crippen molar-refractivity contribution >= 4 is 17.7 Å². The highest BCUT2D eigenvalue weighted by Gasteiger charge is 2.04. The maximum Gasteiger partial charge on any atom is 0.227 e. The highest BCUT2D eigenvalue weighted by molar-refractivity contribution is 5.90. The van der Waals surface area contributed by atoms with E-state index in [4.69, 9.17) is 4.74 Å². The van der Waals surface area contributed by atoms with Crippen LogP contribution in [0.3, 0.4) is 0 Å². The molecule has 0 unspecified atom stereocenters. The average molecular weight is 364 g/mol. The first-order valence-electron chi connectivity index (χ1n) is 9.34. The maximum atomic E-state index is 12.0. The SMILES string of the molecule is CCNC(=NCCOCCC(C)C)NCCC(=O)Nc1cccc(C)n1. The van der Waals surface area contributed by atoms with Crippen LogP contribution in [0.1, 0.15) is 39.3 Å². The van der Waals surface area contributed by atoms with Gasteiger partial charge in [0.25, 0.3) is 0 Å². The molecule has 0 bridgehead atoms. The molecule has 0 aliphatic carbocycles. The first-order chi connectivity index (χ1) is 12.5. The van der Waals surface area contributed by atoms with Crippen LogP contribution in [0.4, 0.5) is 5.82 Å². The van der Waals surface area contributed by atoms with E-state index in [-0.39, 0.29) is 5.91 Å². The Kier molecular flexibility index (Phi) is 11.0. The molecule has 0 aliphatic rings. The molecule has 0 fully saturated rings. The van der Waals surface area contributed by atoms with Crippen LogP contribution < -0.4 is 16.0 Å². The fourth-order valence-corrected chi connectivity index (χ4v) is 2.10. The van der Waals surface area contributed by atoms with E-state index in [0.29, 0.717) is 43.8 Å². The van der Waals surface area contributed by atoms with Crippen molar-refractivity contribution in [2.45, 2.75) is 40.5 Å². The smallest absolute Gasteiger partial charge is 0.227 e. The zero-order valence-electron chi connectivity index (χ0n) is 16.5. The number of guanidine groups is 1. The van der Waals surface area contributed by atoms with Gasteiger partial charge in [-0.25, -0.2) is 4.98 Å². The lowest BCUT2D eigenvalue weighted by Gasteiger charge is -2.11. The molecule has 3 N–H and O–H groups in total. The number of nitrogens with zero attached hydrogens (tertiary/aromatic N) is 2. The minimum absolute atomic E-state index is 0.0801. The van der Waals surface area contributed by atoms with Gasteiger partial charge >= 0.3 is 0 Å². The Balaban J connectivity index is 2.27. The Hall–Kier alpha value is -2.15. The Bertz CT molecular complexity index is 561. The largest absolute Gasteiger partial charge is 0.380 e. The predicted molar refractivity (Wildman–Crippen MR) is 106 cm³/mol. The predicted octanol–water partition coefficient (Wildman–Crippen LogP) is 2.34. The molecular weight excluding hydrogens is 330 g/mol. The number of aryl methyl sites for hydroxylation is 1. The molecule has 0 saturated carbocycles. The molecule has 26 heavy (non-hydrogen) atoms. The average Bonchev–Trinajstić information content (AvgIpc) is 2.57. The van der Waals surface area contributed by atoms with E-state index in [1.165, 1.54) is 0 Å². The van der Waals surface area contributed by atoms with E-state index < -0.39 is 0 Å². The highest BCUT2D eigenvalue weighted by atomic mass is 16.5. The Morgan fingerprint density at radius 1 is 1.27 bits per heavy atom. The number of aliphatic imine (C=N–C) groups is 1. The summed E-state index contributed by atoms with van der Waals surface area (Å²) >= 11 is 0. The van der Waals surface area contributed by atoms with Gasteiger partial charge in [-0.2, -0.15) is 0 Å². The van der Waals surface area contributed by atoms with Crippen molar-refractivity contribution in [1.82, 2.24) is 15.6 Å². The molecule has 146 valence electrons. The van der Waals surface area contributed by atoms with E-state index in [1.54, 1.807) is 6.07 Å². The first-order valence-corrected chi connectivity index (χ1v) is 9.34. The number of pyridine rings is 1. The number of anilines is 1. The molecule has 7 heteroatoms. The van der Waals surface area contributed by atoms with Crippen LogP contribution in [0.5, 0.6) is 0 Å². The van der Waals surface area contributed by atoms with Crippen molar-refractivity contribution in [2.75, 3.05) is 38.2 Å². The molecular formula is C19H33N5O2. The van der Waals surface area contributed by atoms with Crippen LogP contribution >= 0.6 is 0 Å². The van der Waals surface area contributed by atoms with Crippen LogP contribution in [0, 0.1) is 12.8 Å². The molecule has 1 aromatic rings. The lowest BCUT2D eigenvalue weighted by molar-refractivity contribution is -0.116. The number of hydrogen-bond donors (Lipinski definition) is 3. The van der Waals surface area contributed by atoms with Crippen LogP contribution in [0.15, 0.2) is 23.2 Å². The molecule has 1 rings (SSSR count). The van der Waals surface area contributed by atoms with E-state index in [0.717, 1.165) is 25.3 Å². The molecule has 0 radical (unpaired) electrons. The van der Waals surface area contributed by atoms with Gasteiger partial charge in [0.15, 0.2) is 5.96 Å². The zero-order valence-corrected chi connectivity index (χ0v) is 16.5. The van der Waals surface area contributed by atoms with Gasteiger partial charge in [0.05, 0.1) is 13.2 Å². The van der Waals surface area contributed by atoms with E-state index in [1.807, 2.05) is 26.0 Å². The quantitative estimate of drug-likeness (QED) is 0.319. The van der Waals surface area contributed by atoms with Gasteiger partial charge in [0.2, 0.25) is 5.91 Å². The van der Waals surface area contributed by atoms with Crippen molar-refractivity contribution in [1.29, 1.82) is 0 Å². The number of aromatic nitrogens is 1. The highest BCUT2D eigenvalue weighted by Crippen LogP contribution is 2.03. The second-order valence-electron chi connectivity index (χ2n) is 6.44. The normalized spacial score (nSPS) is 11.5. The Morgan fingerprint density at radius 3 is 2.77 bits per heavy atom. The van der Waals surface area contributed by atoms with Gasteiger partial charge in [-0.1, -0.05) is 19.9 Å². The van der Waals surface area contributed by atoms with Gasteiger partial charge in [-0.3, -0.25) is 9.79 Å². The van der Waals surface area contributed by atoms with Crippen molar-refractivity contribution in [3.8, 4) is 0 Å². The summed E-state index contributed by atoms with van der Waals surface area (Å²) in [6.07, 6.45) is 1.40. The molecule has 0 spiro atoms. The fraction of sp³-hybridized carbons (Fsp3) is 0.632. The second kappa shape index (κ2) is 13.1. The number of ether oxygens (including phenoxy) is 1. The van der Waals surface area contributed by atoms with Crippen LogP contribution in [0.2, 0.25) is 0 Å². The number of carbonyl (C=O) groups is 1. The second-order valence-corrected chi connectivity index (χ2v) is 6.44. The van der Waals surface area contributed by atoms with Gasteiger partial charge in [0.1, 0.15) is 5.82 Å². The molecule has 0 aromatic carbocycles. The molecule has 1 aromatic heterocycles. The summed E-state index contributed by atoms with van der Waals surface area (Å²) < 4.78 is 5.56. The van der Waals surface area contributed by atoms with Crippen molar-refractivity contribution < 1.29 is 9.53 Å². The Labute approximate surface area is 157 Å². The van der Waals surface area contributed by atoms with Gasteiger partial charge < -0.3 is 20.7 Å². The van der Waals surface area contributed by atoms with E-state index in [9.17, 15) is 4.79 Å². The molecule has 1 heterocycles. The lowest BCUT2D eigenvalue weighted by Crippen LogP contribution is -2.39. The van der Waals surface area contributed by atoms with Gasteiger partial charge in [0, 0.05) is 31.8 Å². The summed E-state index contributed by atoms with van der Waals surface area (Å²) in [5, 5.41) is 9.12. The summed E-state index contributed by atoms with van der Waals surface area (Å²) in [5.74, 6) is 1.85.